The van der Waals surface area contributed by atoms with E-state index in [4.69, 9.17) is 5.73 Å². The van der Waals surface area contributed by atoms with Crippen molar-refractivity contribution in [1.82, 2.24) is 10.2 Å². The lowest BCUT2D eigenvalue weighted by atomic mass is 9.95. The van der Waals surface area contributed by atoms with Gasteiger partial charge in [-0.2, -0.15) is 0 Å². The number of carbonyl (C=O) groups excluding carboxylic acids is 1. The quantitative estimate of drug-likeness (QED) is 0.779. The van der Waals surface area contributed by atoms with Gasteiger partial charge in [0, 0.05) is 25.2 Å². The molecule has 0 aromatic heterocycles. The molecule has 1 saturated heterocycles. The van der Waals surface area contributed by atoms with Gasteiger partial charge in [0.25, 0.3) is 0 Å². The van der Waals surface area contributed by atoms with Crippen LogP contribution in [0.4, 0.5) is 0 Å². The van der Waals surface area contributed by atoms with Crippen LogP contribution in [-0.2, 0) is 4.79 Å². The molecule has 18 heavy (non-hydrogen) atoms. The van der Waals surface area contributed by atoms with Crippen molar-refractivity contribution in [3.05, 3.63) is 0 Å². The van der Waals surface area contributed by atoms with Crippen LogP contribution < -0.4 is 11.1 Å². The maximum absolute atomic E-state index is 12.1. The van der Waals surface area contributed by atoms with Crippen LogP contribution in [0.2, 0.25) is 0 Å². The maximum atomic E-state index is 12.1. The Bertz CT molecular complexity index is 260. The zero-order valence-corrected chi connectivity index (χ0v) is 12.3. The van der Waals surface area contributed by atoms with Gasteiger partial charge in [-0.3, -0.25) is 9.69 Å². The molecule has 0 saturated carbocycles. The number of piperidine rings is 1. The van der Waals surface area contributed by atoms with Crippen molar-refractivity contribution >= 4 is 5.91 Å². The summed E-state index contributed by atoms with van der Waals surface area (Å²) in [5, 5.41) is 3.09. The Kier molecular flexibility index (Phi) is 6.09. The Balaban J connectivity index is 2.47. The molecule has 1 fully saturated rings. The van der Waals surface area contributed by atoms with Crippen LogP contribution in [0.3, 0.4) is 0 Å². The Morgan fingerprint density at radius 1 is 1.44 bits per heavy atom. The van der Waals surface area contributed by atoms with E-state index in [1.54, 1.807) is 0 Å². The summed E-state index contributed by atoms with van der Waals surface area (Å²) < 4.78 is 0. The van der Waals surface area contributed by atoms with E-state index in [-0.39, 0.29) is 24.0 Å². The fourth-order valence-electron chi connectivity index (χ4n) is 2.79. The number of nitrogens with two attached hydrogens (primary N) is 1. The fourth-order valence-corrected chi connectivity index (χ4v) is 2.79. The van der Waals surface area contributed by atoms with Crippen molar-refractivity contribution in [2.24, 2.45) is 11.7 Å². The summed E-state index contributed by atoms with van der Waals surface area (Å²) in [6, 6.07) is 0.399. The lowest BCUT2D eigenvalue weighted by molar-refractivity contribution is -0.127. The SMILES string of the molecule is CCCC(C)NC(=O)C(C)N1CC(C)CC(N)C1. The van der Waals surface area contributed by atoms with Crippen molar-refractivity contribution in [2.75, 3.05) is 13.1 Å². The first-order valence-electron chi connectivity index (χ1n) is 7.24. The summed E-state index contributed by atoms with van der Waals surface area (Å²) in [5.74, 6) is 0.717. The number of nitrogens with one attached hydrogen (secondary N) is 1. The molecule has 4 atom stereocenters. The van der Waals surface area contributed by atoms with Gasteiger partial charge in [0.1, 0.15) is 0 Å². The molecule has 0 radical (unpaired) electrons. The van der Waals surface area contributed by atoms with Crippen LogP contribution in [-0.4, -0.2) is 42.0 Å². The highest BCUT2D eigenvalue weighted by Crippen LogP contribution is 2.17. The third-order valence-electron chi connectivity index (χ3n) is 3.76. The van der Waals surface area contributed by atoms with E-state index in [0.717, 1.165) is 32.4 Å². The molecule has 4 heteroatoms. The average Bonchev–Trinajstić information content (AvgIpc) is 2.26. The molecule has 1 aliphatic heterocycles. The van der Waals surface area contributed by atoms with Gasteiger partial charge < -0.3 is 11.1 Å². The lowest BCUT2D eigenvalue weighted by Crippen LogP contribution is -2.55. The highest BCUT2D eigenvalue weighted by Gasteiger charge is 2.29. The standard InChI is InChI=1S/C14H29N3O/c1-5-6-11(3)16-14(18)12(4)17-8-10(2)7-13(15)9-17/h10-13H,5-9,15H2,1-4H3,(H,16,18). The van der Waals surface area contributed by atoms with Gasteiger partial charge >= 0.3 is 0 Å². The predicted octanol–water partition coefficient (Wildman–Crippen LogP) is 1.35. The van der Waals surface area contributed by atoms with E-state index in [0.29, 0.717) is 5.92 Å². The Morgan fingerprint density at radius 3 is 2.67 bits per heavy atom. The molecule has 1 rings (SSSR count). The molecule has 106 valence electrons. The molecule has 0 aromatic rings. The minimum Gasteiger partial charge on any atom is -0.352 e. The number of hydrogen-bond acceptors (Lipinski definition) is 3. The third-order valence-corrected chi connectivity index (χ3v) is 3.76. The number of amides is 1. The molecule has 1 aliphatic rings. The molecule has 4 unspecified atom stereocenters. The number of carbonyl (C=O) groups is 1. The van der Waals surface area contributed by atoms with Gasteiger partial charge in [0.05, 0.1) is 6.04 Å². The second kappa shape index (κ2) is 7.10. The normalized spacial score (nSPS) is 28.7. The van der Waals surface area contributed by atoms with Gasteiger partial charge in [-0.15, -0.1) is 0 Å². The molecule has 1 heterocycles. The topological polar surface area (TPSA) is 58.4 Å². The maximum Gasteiger partial charge on any atom is 0.237 e. The number of likely N-dealkylation sites (tertiary alicyclic amines) is 1. The van der Waals surface area contributed by atoms with Crippen LogP contribution in [0.1, 0.15) is 47.0 Å². The highest BCUT2D eigenvalue weighted by molar-refractivity contribution is 5.81. The second-order valence-corrected chi connectivity index (χ2v) is 5.93. The van der Waals surface area contributed by atoms with Crippen molar-refractivity contribution < 1.29 is 4.79 Å². The molecular weight excluding hydrogens is 226 g/mol. The first-order valence-corrected chi connectivity index (χ1v) is 7.24. The fraction of sp³-hybridized carbons (Fsp3) is 0.929. The largest absolute Gasteiger partial charge is 0.352 e. The van der Waals surface area contributed by atoms with Gasteiger partial charge in [-0.05, 0) is 32.6 Å². The Morgan fingerprint density at radius 2 is 2.11 bits per heavy atom. The summed E-state index contributed by atoms with van der Waals surface area (Å²) in [5.41, 5.74) is 6.03. The predicted molar refractivity (Wildman–Crippen MR) is 75.3 cm³/mol. The van der Waals surface area contributed by atoms with E-state index in [2.05, 4.69) is 31.0 Å². The van der Waals surface area contributed by atoms with E-state index in [1.807, 2.05) is 6.92 Å². The first kappa shape index (κ1) is 15.4. The molecule has 0 aliphatic carbocycles. The van der Waals surface area contributed by atoms with Crippen LogP contribution in [0.15, 0.2) is 0 Å². The minimum atomic E-state index is -0.0712. The number of nitrogens with zero attached hydrogens (tertiary/aromatic N) is 1. The van der Waals surface area contributed by atoms with E-state index in [1.165, 1.54) is 0 Å². The van der Waals surface area contributed by atoms with Crippen molar-refractivity contribution in [2.45, 2.75) is 65.1 Å². The summed E-state index contributed by atoms with van der Waals surface area (Å²) in [7, 11) is 0. The monoisotopic (exact) mass is 255 g/mol. The summed E-state index contributed by atoms with van der Waals surface area (Å²) >= 11 is 0. The molecule has 1 amide bonds. The molecule has 4 nitrogen and oxygen atoms in total. The van der Waals surface area contributed by atoms with E-state index < -0.39 is 0 Å². The minimum absolute atomic E-state index is 0.0712. The van der Waals surface area contributed by atoms with Crippen LogP contribution in [0, 0.1) is 5.92 Å². The van der Waals surface area contributed by atoms with E-state index in [9.17, 15) is 4.79 Å². The van der Waals surface area contributed by atoms with Gasteiger partial charge in [0.2, 0.25) is 5.91 Å². The molecule has 0 spiro atoms. The number of rotatable bonds is 5. The van der Waals surface area contributed by atoms with Gasteiger partial charge in [-0.25, -0.2) is 0 Å². The second-order valence-electron chi connectivity index (χ2n) is 5.93. The summed E-state index contributed by atoms with van der Waals surface area (Å²) in [4.78, 5) is 14.4. The summed E-state index contributed by atoms with van der Waals surface area (Å²) in [6.45, 7) is 10.2. The van der Waals surface area contributed by atoms with Gasteiger partial charge in [-0.1, -0.05) is 20.3 Å². The molecule has 0 aromatic carbocycles. The van der Waals surface area contributed by atoms with Crippen molar-refractivity contribution in [1.29, 1.82) is 0 Å². The summed E-state index contributed by atoms with van der Waals surface area (Å²) in [6.07, 6.45) is 3.20. The zero-order chi connectivity index (χ0) is 13.7. The van der Waals surface area contributed by atoms with E-state index >= 15 is 0 Å². The van der Waals surface area contributed by atoms with Gasteiger partial charge in [0.15, 0.2) is 0 Å². The first-order chi connectivity index (χ1) is 8.43. The highest BCUT2D eigenvalue weighted by atomic mass is 16.2. The zero-order valence-electron chi connectivity index (χ0n) is 12.3. The lowest BCUT2D eigenvalue weighted by Gasteiger charge is -2.38. The van der Waals surface area contributed by atoms with Crippen molar-refractivity contribution in [3.8, 4) is 0 Å². The Labute approximate surface area is 111 Å². The molecular formula is C14H29N3O. The Hall–Kier alpha value is -0.610. The average molecular weight is 255 g/mol. The molecule has 3 N–H and O–H groups in total. The van der Waals surface area contributed by atoms with Crippen molar-refractivity contribution in [3.63, 3.8) is 0 Å². The van der Waals surface area contributed by atoms with Crippen LogP contribution >= 0.6 is 0 Å². The third kappa shape index (κ3) is 4.58. The van der Waals surface area contributed by atoms with Crippen LogP contribution in [0.5, 0.6) is 0 Å². The number of hydrogen-bond donors (Lipinski definition) is 2. The molecule has 0 bridgehead atoms. The van der Waals surface area contributed by atoms with Crippen LogP contribution in [0.25, 0.3) is 0 Å². The smallest absolute Gasteiger partial charge is 0.237 e.